The maximum atomic E-state index is 13.1. The number of para-hydroxylation sites is 1. The molecule has 0 bridgehead atoms. The van der Waals surface area contributed by atoms with Crippen molar-refractivity contribution < 1.29 is 4.39 Å². The summed E-state index contributed by atoms with van der Waals surface area (Å²) in [6.45, 7) is 1.95. The third-order valence-electron chi connectivity index (χ3n) is 2.02. The molecule has 62 valence electrons. The molecule has 0 spiro atoms. The van der Waals surface area contributed by atoms with Crippen LogP contribution < -0.4 is 0 Å². The van der Waals surface area contributed by atoms with Crippen molar-refractivity contribution in [3.8, 4) is 0 Å². The second kappa shape index (κ2) is 2.30. The van der Waals surface area contributed by atoms with E-state index in [1.54, 1.807) is 17.8 Å². The predicted octanol–water partition coefficient (Wildman–Crippen LogP) is 2.02. The van der Waals surface area contributed by atoms with Crippen molar-refractivity contribution in [3.63, 3.8) is 0 Å². The van der Waals surface area contributed by atoms with Gasteiger partial charge >= 0.3 is 0 Å². The highest BCUT2D eigenvalue weighted by molar-refractivity contribution is 5.82. The van der Waals surface area contributed by atoms with Gasteiger partial charge in [0.25, 0.3) is 0 Å². The average molecular weight is 164 g/mol. The van der Waals surface area contributed by atoms with Crippen molar-refractivity contribution in [3.05, 3.63) is 29.7 Å². The molecular weight excluding hydrogens is 155 g/mol. The topological polar surface area (TPSA) is 17.8 Å². The largest absolute Gasteiger partial charge is 0.265 e. The van der Waals surface area contributed by atoms with Crippen LogP contribution in [0.3, 0.4) is 0 Å². The standard InChI is InChI=1S/C9H9FN2/c1-6-4-3-5-7-8(6)12(2)11-9(7)10/h3-5H,1-2H3. The molecule has 0 aliphatic heterocycles. The number of aromatic nitrogens is 2. The van der Waals surface area contributed by atoms with Crippen LogP contribution in [0.15, 0.2) is 18.2 Å². The van der Waals surface area contributed by atoms with Gasteiger partial charge in [0, 0.05) is 7.05 Å². The lowest BCUT2D eigenvalue weighted by Crippen LogP contribution is -1.91. The quantitative estimate of drug-likeness (QED) is 0.582. The zero-order valence-corrected chi connectivity index (χ0v) is 7.00. The number of rotatable bonds is 0. The molecule has 3 heteroatoms. The van der Waals surface area contributed by atoms with E-state index in [9.17, 15) is 4.39 Å². The van der Waals surface area contributed by atoms with Gasteiger partial charge in [-0.2, -0.15) is 4.39 Å². The average Bonchev–Trinajstić information content (AvgIpc) is 2.29. The zero-order chi connectivity index (χ0) is 8.72. The molecule has 1 heterocycles. The van der Waals surface area contributed by atoms with Crippen LogP contribution in [0.2, 0.25) is 0 Å². The van der Waals surface area contributed by atoms with E-state index in [0.29, 0.717) is 5.39 Å². The first-order valence-corrected chi connectivity index (χ1v) is 3.78. The molecule has 0 aliphatic rings. The normalized spacial score (nSPS) is 10.9. The number of nitrogens with zero attached hydrogens (tertiary/aromatic N) is 2. The fourth-order valence-electron chi connectivity index (χ4n) is 1.49. The minimum absolute atomic E-state index is 0.392. The summed E-state index contributed by atoms with van der Waals surface area (Å²) in [7, 11) is 1.75. The summed E-state index contributed by atoms with van der Waals surface area (Å²) < 4.78 is 14.6. The molecule has 0 radical (unpaired) electrons. The van der Waals surface area contributed by atoms with Crippen molar-refractivity contribution in [2.75, 3.05) is 0 Å². The summed E-state index contributed by atoms with van der Waals surface area (Å²) >= 11 is 0. The Morgan fingerprint density at radius 3 is 2.83 bits per heavy atom. The predicted molar refractivity (Wildman–Crippen MR) is 45.4 cm³/mol. The number of halogens is 1. The molecule has 2 aromatic rings. The van der Waals surface area contributed by atoms with Gasteiger partial charge in [0.1, 0.15) is 0 Å². The van der Waals surface area contributed by atoms with E-state index < -0.39 is 5.95 Å². The number of hydrogen-bond donors (Lipinski definition) is 0. The van der Waals surface area contributed by atoms with Gasteiger partial charge in [-0.05, 0) is 18.6 Å². The second-order valence-electron chi connectivity index (χ2n) is 2.89. The van der Waals surface area contributed by atoms with E-state index in [-0.39, 0.29) is 0 Å². The van der Waals surface area contributed by atoms with Gasteiger partial charge in [-0.15, -0.1) is 5.10 Å². The highest BCUT2D eigenvalue weighted by Crippen LogP contribution is 2.19. The van der Waals surface area contributed by atoms with E-state index in [2.05, 4.69) is 5.10 Å². The molecule has 1 aromatic heterocycles. The fourth-order valence-corrected chi connectivity index (χ4v) is 1.49. The number of hydrogen-bond acceptors (Lipinski definition) is 1. The van der Waals surface area contributed by atoms with Crippen LogP contribution in [0.25, 0.3) is 10.9 Å². The van der Waals surface area contributed by atoms with E-state index in [1.807, 2.05) is 19.1 Å². The third-order valence-corrected chi connectivity index (χ3v) is 2.02. The first-order chi connectivity index (χ1) is 5.70. The molecule has 12 heavy (non-hydrogen) atoms. The Hall–Kier alpha value is -1.38. The van der Waals surface area contributed by atoms with Gasteiger partial charge in [-0.25, -0.2) is 0 Å². The molecule has 0 aliphatic carbocycles. The molecule has 0 unspecified atom stereocenters. The monoisotopic (exact) mass is 164 g/mol. The second-order valence-corrected chi connectivity index (χ2v) is 2.89. The number of benzene rings is 1. The summed E-state index contributed by atoms with van der Waals surface area (Å²) in [6, 6.07) is 5.52. The van der Waals surface area contributed by atoms with Crippen LogP contribution in [0.5, 0.6) is 0 Å². The smallest absolute Gasteiger partial charge is 0.240 e. The Kier molecular flexibility index (Phi) is 1.40. The fraction of sp³-hybridized carbons (Fsp3) is 0.222. The Morgan fingerprint density at radius 2 is 2.17 bits per heavy atom. The Balaban J connectivity index is 2.99. The first-order valence-electron chi connectivity index (χ1n) is 3.78. The molecule has 0 N–H and O–H groups in total. The first kappa shape index (κ1) is 7.28. The third kappa shape index (κ3) is 0.826. The molecule has 2 rings (SSSR count). The van der Waals surface area contributed by atoms with Gasteiger partial charge in [0.15, 0.2) is 0 Å². The SMILES string of the molecule is Cc1cccc2c(F)nn(C)c12. The Morgan fingerprint density at radius 1 is 1.42 bits per heavy atom. The van der Waals surface area contributed by atoms with E-state index in [4.69, 9.17) is 0 Å². The number of fused-ring (bicyclic) bond motifs is 1. The van der Waals surface area contributed by atoms with Gasteiger partial charge in [0.2, 0.25) is 5.95 Å². The van der Waals surface area contributed by atoms with E-state index >= 15 is 0 Å². The zero-order valence-electron chi connectivity index (χ0n) is 7.00. The van der Waals surface area contributed by atoms with Crippen molar-refractivity contribution >= 4 is 10.9 Å². The van der Waals surface area contributed by atoms with E-state index in [1.165, 1.54) is 0 Å². The molecule has 0 saturated carbocycles. The van der Waals surface area contributed by atoms with Crippen molar-refractivity contribution in [1.29, 1.82) is 0 Å². The lowest BCUT2D eigenvalue weighted by Gasteiger charge is -1.96. The van der Waals surface area contributed by atoms with Crippen LogP contribution in [-0.4, -0.2) is 9.78 Å². The Bertz CT molecular complexity index is 431. The van der Waals surface area contributed by atoms with Crippen molar-refractivity contribution in [1.82, 2.24) is 9.78 Å². The van der Waals surface area contributed by atoms with Crippen molar-refractivity contribution in [2.45, 2.75) is 6.92 Å². The van der Waals surface area contributed by atoms with Crippen molar-refractivity contribution in [2.24, 2.45) is 7.05 Å². The minimum Gasteiger partial charge on any atom is -0.265 e. The van der Waals surface area contributed by atoms with Crippen LogP contribution in [0.4, 0.5) is 4.39 Å². The number of aryl methyl sites for hydroxylation is 2. The van der Waals surface area contributed by atoms with Crippen LogP contribution >= 0.6 is 0 Å². The molecule has 0 fully saturated rings. The maximum Gasteiger partial charge on any atom is 0.240 e. The van der Waals surface area contributed by atoms with Gasteiger partial charge < -0.3 is 0 Å². The molecule has 1 aromatic carbocycles. The minimum atomic E-state index is -0.392. The van der Waals surface area contributed by atoms with E-state index in [0.717, 1.165) is 11.1 Å². The highest BCUT2D eigenvalue weighted by atomic mass is 19.1. The Labute approximate surface area is 69.6 Å². The van der Waals surface area contributed by atoms with Gasteiger partial charge in [0.05, 0.1) is 10.9 Å². The van der Waals surface area contributed by atoms with Crippen LogP contribution in [0.1, 0.15) is 5.56 Å². The summed E-state index contributed by atoms with van der Waals surface area (Å²) in [5.41, 5.74) is 1.92. The summed E-state index contributed by atoms with van der Waals surface area (Å²) in [5.74, 6) is -0.392. The summed E-state index contributed by atoms with van der Waals surface area (Å²) in [4.78, 5) is 0. The molecule has 0 atom stereocenters. The lowest BCUT2D eigenvalue weighted by atomic mass is 10.2. The summed E-state index contributed by atoms with van der Waals surface area (Å²) in [6.07, 6.45) is 0. The molecule has 2 nitrogen and oxygen atoms in total. The molecule has 0 saturated heterocycles. The molecular formula is C9H9FN2. The van der Waals surface area contributed by atoms with Crippen LogP contribution in [0, 0.1) is 12.9 Å². The highest BCUT2D eigenvalue weighted by Gasteiger charge is 2.08. The molecule has 0 amide bonds. The summed E-state index contributed by atoms with van der Waals surface area (Å²) in [5, 5.41) is 4.30. The maximum absolute atomic E-state index is 13.1. The lowest BCUT2D eigenvalue weighted by molar-refractivity contribution is 0.562. The van der Waals surface area contributed by atoms with Crippen LogP contribution in [-0.2, 0) is 7.05 Å². The van der Waals surface area contributed by atoms with Gasteiger partial charge in [-0.3, -0.25) is 4.68 Å². The van der Waals surface area contributed by atoms with Gasteiger partial charge in [-0.1, -0.05) is 12.1 Å².